The number of rotatable bonds is 2. The topological polar surface area (TPSA) is 29.1 Å². The van der Waals surface area contributed by atoms with Gasteiger partial charge < -0.3 is 5.32 Å². The molecule has 2 unspecified atom stereocenters. The Labute approximate surface area is 54.4 Å². The number of alkyl halides is 1. The highest BCUT2D eigenvalue weighted by Crippen LogP contribution is 1.94. The Morgan fingerprint density at radius 1 is 1.56 bits per heavy atom. The molecule has 0 aliphatic rings. The van der Waals surface area contributed by atoms with E-state index in [1.807, 2.05) is 0 Å². The third-order valence-corrected chi connectivity index (χ3v) is 1.12. The molecule has 0 bridgehead atoms. The molecule has 0 saturated carbocycles. The maximum Gasteiger partial charge on any atom is 0.217 e. The van der Waals surface area contributed by atoms with E-state index in [1.165, 1.54) is 13.8 Å². The summed E-state index contributed by atoms with van der Waals surface area (Å²) >= 11 is 0. The van der Waals surface area contributed by atoms with Crippen LogP contribution in [0.3, 0.4) is 0 Å². The van der Waals surface area contributed by atoms with Crippen molar-refractivity contribution in [2.75, 3.05) is 0 Å². The zero-order valence-corrected chi connectivity index (χ0v) is 5.94. The van der Waals surface area contributed by atoms with E-state index in [1.54, 1.807) is 6.92 Å². The summed E-state index contributed by atoms with van der Waals surface area (Å²) < 4.78 is 12.2. The van der Waals surface area contributed by atoms with Crippen LogP contribution in [0.1, 0.15) is 20.8 Å². The van der Waals surface area contributed by atoms with Crippen molar-refractivity contribution in [3.05, 3.63) is 0 Å². The predicted molar refractivity (Wildman–Crippen MR) is 33.8 cm³/mol. The van der Waals surface area contributed by atoms with Crippen LogP contribution in [-0.4, -0.2) is 18.1 Å². The molecule has 0 saturated heterocycles. The lowest BCUT2D eigenvalue weighted by atomic mass is 10.2. The highest BCUT2D eigenvalue weighted by atomic mass is 19.1. The van der Waals surface area contributed by atoms with Gasteiger partial charge in [-0.2, -0.15) is 0 Å². The van der Waals surface area contributed by atoms with Gasteiger partial charge in [-0.25, -0.2) is 4.39 Å². The molecule has 9 heavy (non-hydrogen) atoms. The lowest BCUT2D eigenvalue weighted by molar-refractivity contribution is -0.119. The fourth-order valence-corrected chi connectivity index (χ4v) is 0.435. The molecule has 0 aromatic heterocycles. The van der Waals surface area contributed by atoms with Crippen LogP contribution in [0.25, 0.3) is 0 Å². The molecular formula is C6H12FNO. The van der Waals surface area contributed by atoms with Crippen molar-refractivity contribution < 1.29 is 9.18 Å². The van der Waals surface area contributed by atoms with Crippen LogP contribution < -0.4 is 5.32 Å². The molecule has 0 spiro atoms. The Hall–Kier alpha value is -0.600. The number of carbonyl (C=O) groups is 1. The van der Waals surface area contributed by atoms with Crippen molar-refractivity contribution >= 4 is 5.91 Å². The smallest absolute Gasteiger partial charge is 0.217 e. The highest BCUT2D eigenvalue weighted by molar-refractivity contribution is 5.73. The minimum absolute atomic E-state index is 0.188. The summed E-state index contributed by atoms with van der Waals surface area (Å²) in [5.74, 6) is -0.188. The summed E-state index contributed by atoms with van der Waals surface area (Å²) in [6.07, 6.45) is -0.978. The average molecular weight is 133 g/mol. The van der Waals surface area contributed by atoms with Gasteiger partial charge in [-0.05, 0) is 13.8 Å². The van der Waals surface area contributed by atoms with Crippen molar-refractivity contribution in [2.45, 2.75) is 33.0 Å². The normalized spacial score (nSPS) is 16.4. The van der Waals surface area contributed by atoms with Gasteiger partial charge in [0.1, 0.15) is 6.17 Å². The molecule has 1 N–H and O–H groups in total. The monoisotopic (exact) mass is 133 g/mol. The van der Waals surface area contributed by atoms with Crippen molar-refractivity contribution in [3.63, 3.8) is 0 Å². The quantitative estimate of drug-likeness (QED) is 0.595. The number of nitrogens with one attached hydrogen (secondary N) is 1. The number of hydrogen-bond donors (Lipinski definition) is 1. The maximum atomic E-state index is 12.2. The van der Waals surface area contributed by atoms with E-state index in [0.29, 0.717) is 0 Å². The van der Waals surface area contributed by atoms with Gasteiger partial charge in [0.2, 0.25) is 5.91 Å². The third-order valence-electron chi connectivity index (χ3n) is 1.12. The lowest BCUT2D eigenvalue weighted by Gasteiger charge is -2.12. The van der Waals surface area contributed by atoms with Crippen LogP contribution in [-0.2, 0) is 4.79 Å². The van der Waals surface area contributed by atoms with E-state index < -0.39 is 6.17 Å². The Morgan fingerprint density at radius 3 is 2.11 bits per heavy atom. The molecule has 2 nitrogen and oxygen atoms in total. The van der Waals surface area contributed by atoms with Gasteiger partial charge in [-0.1, -0.05) is 0 Å². The first-order valence-corrected chi connectivity index (χ1v) is 2.95. The summed E-state index contributed by atoms with van der Waals surface area (Å²) in [5.41, 5.74) is 0. The summed E-state index contributed by atoms with van der Waals surface area (Å²) in [5, 5.41) is 2.43. The number of halogens is 1. The largest absolute Gasteiger partial charge is 0.351 e. The fourth-order valence-electron chi connectivity index (χ4n) is 0.435. The standard InChI is InChI=1S/C6H12FNO/c1-4(7)5(2)8-6(3)9/h4-5H,1-3H3,(H,8,9). The number of hydrogen-bond acceptors (Lipinski definition) is 1. The Bertz CT molecular complexity index is 103. The summed E-state index contributed by atoms with van der Waals surface area (Å²) in [6, 6.07) is -0.373. The van der Waals surface area contributed by atoms with Crippen molar-refractivity contribution in [1.29, 1.82) is 0 Å². The fraction of sp³-hybridized carbons (Fsp3) is 0.833. The van der Waals surface area contributed by atoms with E-state index in [-0.39, 0.29) is 11.9 Å². The molecule has 0 rings (SSSR count). The zero-order chi connectivity index (χ0) is 7.44. The van der Waals surface area contributed by atoms with Gasteiger partial charge >= 0.3 is 0 Å². The molecule has 0 aliphatic heterocycles. The Morgan fingerprint density at radius 2 is 2.00 bits per heavy atom. The van der Waals surface area contributed by atoms with Crippen LogP contribution >= 0.6 is 0 Å². The number of carbonyl (C=O) groups excluding carboxylic acids is 1. The van der Waals surface area contributed by atoms with E-state index in [2.05, 4.69) is 5.32 Å². The number of amides is 1. The van der Waals surface area contributed by atoms with Crippen molar-refractivity contribution in [3.8, 4) is 0 Å². The molecule has 0 aromatic carbocycles. The van der Waals surface area contributed by atoms with Gasteiger partial charge in [0, 0.05) is 6.92 Å². The first-order chi connectivity index (χ1) is 4.04. The molecule has 2 atom stereocenters. The first-order valence-electron chi connectivity index (χ1n) is 2.95. The summed E-state index contributed by atoms with van der Waals surface area (Å²) in [6.45, 7) is 4.42. The Balaban J connectivity index is 3.50. The van der Waals surface area contributed by atoms with Crippen molar-refractivity contribution in [1.82, 2.24) is 5.32 Å². The van der Waals surface area contributed by atoms with Crippen LogP contribution in [0.5, 0.6) is 0 Å². The second-order valence-electron chi connectivity index (χ2n) is 2.17. The van der Waals surface area contributed by atoms with Gasteiger partial charge in [-0.15, -0.1) is 0 Å². The molecule has 0 fully saturated rings. The van der Waals surface area contributed by atoms with Crippen LogP contribution in [0.15, 0.2) is 0 Å². The summed E-state index contributed by atoms with van der Waals surface area (Å²) in [4.78, 5) is 10.3. The second kappa shape index (κ2) is 3.43. The highest BCUT2D eigenvalue weighted by Gasteiger charge is 2.09. The van der Waals surface area contributed by atoms with E-state index in [0.717, 1.165) is 0 Å². The predicted octanol–water partition coefficient (Wildman–Crippen LogP) is 0.869. The zero-order valence-electron chi connectivity index (χ0n) is 5.94. The first kappa shape index (κ1) is 8.40. The molecule has 0 radical (unpaired) electrons. The van der Waals surface area contributed by atoms with Gasteiger partial charge in [-0.3, -0.25) is 4.79 Å². The van der Waals surface area contributed by atoms with Crippen LogP contribution in [0.2, 0.25) is 0 Å². The lowest BCUT2D eigenvalue weighted by Crippen LogP contribution is -2.36. The minimum atomic E-state index is -0.978. The van der Waals surface area contributed by atoms with Crippen LogP contribution in [0.4, 0.5) is 4.39 Å². The second-order valence-corrected chi connectivity index (χ2v) is 2.17. The van der Waals surface area contributed by atoms with Gasteiger partial charge in [0.15, 0.2) is 0 Å². The molecule has 54 valence electrons. The van der Waals surface area contributed by atoms with Crippen LogP contribution in [0, 0.1) is 0 Å². The van der Waals surface area contributed by atoms with Gasteiger partial charge in [0.05, 0.1) is 6.04 Å². The maximum absolute atomic E-state index is 12.2. The summed E-state index contributed by atoms with van der Waals surface area (Å²) in [7, 11) is 0. The molecular weight excluding hydrogens is 121 g/mol. The molecule has 1 amide bonds. The average Bonchev–Trinajstić information content (AvgIpc) is 1.63. The van der Waals surface area contributed by atoms with E-state index in [9.17, 15) is 9.18 Å². The molecule has 3 heteroatoms. The van der Waals surface area contributed by atoms with Gasteiger partial charge in [0.25, 0.3) is 0 Å². The molecule has 0 aromatic rings. The Kier molecular flexibility index (Phi) is 3.20. The van der Waals surface area contributed by atoms with E-state index in [4.69, 9.17) is 0 Å². The minimum Gasteiger partial charge on any atom is -0.351 e. The molecule has 0 aliphatic carbocycles. The third kappa shape index (κ3) is 3.94. The van der Waals surface area contributed by atoms with Crippen molar-refractivity contribution in [2.24, 2.45) is 0 Å². The SMILES string of the molecule is CC(=O)NC(C)C(C)F. The van der Waals surface area contributed by atoms with E-state index >= 15 is 0 Å². The molecule has 0 heterocycles.